The molecule has 5 rings (SSSR count). The number of nitrogens with zero attached hydrogens (tertiary/aromatic N) is 5. The fourth-order valence-electron chi connectivity index (χ4n) is 3.53. The molecule has 0 radical (unpaired) electrons. The Bertz CT molecular complexity index is 1670. The highest BCUT2D eigenvalue weighted by Gasteiger charge is 2.14. The SMILES string of the molecule is Cc1nn2c(=O)/c(=C/c3cn(-c4ccccc4)nc3-c3ccc(OCC(C)C)cc3)sc2nc1=O. The van der Waals surface area contributed by atoms with Crippen LogP contribution in [-0.2, 0) is 0 Å². The number of aromatic nitrogens is 5. The number of para-hydroxylation sites is 1. The summed E-state index contributed by atoms with van der Waals surface area (Å²) < 4.78 is 9.19. The van der Waals surface area contributed by atoms with Gasteiger partial charge < -0.3 is 4.74 Å². The number of hydrogen-bond donors (Lipinski definition) is 0. The van der Waals surface area contributed by atoms with Crippen molar-refractivity contribution >= 4 is 22.4 Å². The summed E-state index contributed by atoms with van der Waals surface area (Å²) in [6.07, 6.45) is 3.65. The minimum Gasteiger partial charge on any atom is -0.493 e. The highest BCUT2D eigenvalue weighted by molar-refractivity contribution is 7.15. The lowest BCUT2D eigenvalue weighted by atomic mass is 10.1. The number of aryl methyl sites for hydroxylation is 1. The molecule has 0 aliphatic heterocycles. The standard InChI is InChI=1S/C26H23N5O3S/c1-16(2)15-34-21-11-9-18(10-12-21)23-19(14-30(29-23)20-7-5-4-6-8-20)13-22-25(33)31-26(35-22)27-24(32)17(3)28-31/h4-14,16H,15H2,1-3H3/b22-13-. The van der Waals surface area contributed by atoms with Crippen LogP contribution >= 0.6 is 11.3 Å². The maximum absolute atomic E-state index is 13.0. The van der Waals surface area contributed by atoms with Crippen LogP contribution < -0.4 is 20.4 Å². The van der Waals surface area contributed by atoms with Crippen molar-refractivity contribution in [3.63, 3.8) is 0 Å². The molecule has 176 valence electrons. The van der Waals surface area contributed by atoms with Crippen molar-refractivity contribution in [3.8, 4) is 22.7 Å². The van der Waals surface area contributed by atoms with E-state index in [1.54, 1.807) is 17.7 Å². The van der Waals surface area contributed by atoms with Gasteiger partial charge in [0.05, 0.1) is 16.8 Å². The van der Waals surface area contributed by atoms with Crippen molar-refractivity contribution in [1.82, 2.24) is 24.4 Å². The summed E-state index contributed by atoms with van der Waals surface area (Å²) in [5, 5.41) is 8.92. The molecule has 3 aromatic heterocycles. The van der Waals surface area contributed by atoms with Crippen LogP contribution in [0.1, 0.15) is 25.1 Å². The molecule has 0 N–H and O–H groups in total. The first-order valence-corrected chi connectivity index (χ1v) is 12.0. The topological polar surface area (TPSA) is 91.4 Å². The minimum atomic E-state index is -0.435. The molecule has 3 heterocycles. The van der Waals surface area contributed by atoms with Crippen LogP contribution in [0.3, 0.4) is 0 Å². The Hall–Kier alpha value is -4.11. The van der Waals surface area contributed by atoms with Gasteiger partial charge >= 0.3 is 0 Å². The van der Waals surface area contributed by atoms with E-state index in [1.807, 2.05) is 60.8 Å². The van der Waals surface area contributed by atoms with Crippen molar-refractivity contribution in [1.29, 1.82) is 0 Å². The van der Waals surface area contributed by atoms with Crippen molar-refractivity contribution in [2.45, 2.75) is 20.8 Å². The maximum Gasteiger partial charge on any atom is 0.295 e. The fourth-order valence-corrected chi connectivity index (χ4v) is 4.43. The fraction of sp³-hybridized carbons (Fsp3) is 0.192. The molecule has 0 saturated heterocycles. The summed E-state index contributed by atoms with van der Waals surface area (Å²) >= 11 is 1.13. The summed E-state index contributed by atoms with van der Waals surface area (Å²) in [6.45, 7) is 6.39. The van der Waals surface area contributed by atoms with Gasteiger partial charge in [-0.2, -0.15) is 19.7 Å². The summed E-state index contributed by atoms with van der Waals surface area (Å²) in [6, 6.07) is 17.5. The van der Waals surface area contributed by atoms with E-state index in [0.29, 0.717) is 22.8 Å². The Kier molecular flexibility index (Phi) is 6.00. The number of rotatable bonds is 6. The Morgan fingerprint density at radius 1 is 1.03 bits per heavy atom. The average molecular weight is 486 g/mol. The van der Waals surface area contributed by atoms with Crippen molar-refractivity contribution in [2.24, 2.45) is 5.92 Å². The number of benzene rings is 2. The zero-order valence-electron chi connectivity index (χ0n) is 19.5. The van der Waals surface area contributed by atoms with Crippen LogP contribution in [-0.4, -0.2) is 31.0 Å². The number of ether oxygens (including phenoxy) is 1. The molecule has 35 heavy (non-hydrogen) atoms. The lowest BCUT2D eigenvalue weighted by Crippen LogP contribution is -2.27. The van der Waals surface area contributed by atoms with Crippen LogP contribution in [0.5, 0.6) is 5.75 Å². The molecule has 0 bridgehead atoms. The normalized spacial score (nSPS) is 12.1. The second-order valence-corrected chi connectivity index (χ2v) is 9.56. The first-order valence-electron chi connectivity index (χ1n) is 11.2. The highest BCUT2D eigenvalue weighted by atomic mass is 32.1. The molecule has 0 aliphatic carbocycles. The zero-order chi connectivity index (χ0) is 24.5. The second kappa shape index (κ2) is 9.27. The van der Waals surface area contributed by atoms with Gasteiger partial charge in [0.15, 0.2) is 0 Å². The van der Waals surface area contributed by atoms with Crippen molar-refractivity contribution < 1.29 is 4.74 Å². The van der Waals surface area contributed by atoms with E-state index in [4.69, 9.17) is 9.84 Å². The monoisotopic (exact) mass is 485 g/mol. The molecular formula is C26H23N5O3S. The third-order valence-corrected chi connectivity index (χ3v) is 6.26. The molecule has 8 nitrogen and oxygen atoms in total. The van der Waals surface area contributed by atoms with Gasteiger partial charge in [0, 0.05) is 17.3 Å². The van der Waals surface area contributed by atoms with Crippen LogP contribution in [0.4, 0.5) is 0 Å². The largest absolute Gasteiger partial charge is 0.493 e. The van der Waals surface area contributed by atoms with Gasteiger partial charge in [-0.25, -0.2) is 4.68 Å². The van der Waals surface area contributed by atoms with Crippen LogP contribution in [0.25, 0.3) is 28.0 Å². The van der Waals surface area contributed by atoms with Gasteiger partial charge in [0.2, 0.25) is 4.96 Å². The molecule has 5 aromatic rings. The molecular weight excluding hydrogens is 462 g/mol. The van der Waals surface area contributed by atoms with E-state index in [9.17, 15) is 9.59 Å². The molecule has 0 saturated carbocycles. The first-order chi connectivity index (χ1) is 16.9. The van der Waals surface area contributed by atoms with E-state index in [-0.39, 0.29) is 16.2 Å². The zero-order valence-corrected chi connectivity index (χ0v) is 20.3. The third kappa shape index (κ3) is 4.63. The smallest absolute Gasteiger partial charge is 0.295 e. The lowest BCUT2D eigenvalue weighted by molar-refractivity contribution is 0.271. The quantitative estimate of drug-likeness (QED) is 0.367. The number of thiazole rings is 1. The Balaban J connectivity index is 1.64. The molecule has 2 aromatic carbocycles. The van der Waals surface area contributed by atoms with Crippen LogP contribution in [0, 0.1) is 12.8 Å². The average Bonchev–Trinajstić information content (AvgIpc) is 3.40. The summed E-state index contributed by atoms with van der Waals surface area (Å²) in [5.41, 5.74) is 2.68. The van der Waals surface area contributed by atoms with Crippen molar-refractivity contribution in [3.05, 3.63) is 97.3 Å². The van der Waals surface area contributed by atoms with Gasteiger partial charge in [-0.3, -0.25) is 9.59 Å². The van der Waals surface area contributed by atoms with Crippen LogP contribution in [0.15, 0.2) is 70.4 Å². The Labute approximate surface area is 204 Å². The highest BCUT2D eigenvalue weighted by Crippen LogP contribution is 2.26. The van der Waals surface area contributed by atoms with Gasteiger partial charge in [-0.1, -0.05) is 43.4 Å². The lowest BCUT2D eigenvalue weighted by Gasteiger charge is -2.09. The predicted octanol–water partition coefficient (Wildman–Crippen LogP) is 3.25. The number of hydrogen-bond acceptors (Lipinski definition) is 7. The second-order valence-electron chi connectivity index (χ2n) is 8.55. The van der Waals surface area contributed by atoms with Crippen molar-refractivity contribution in [2.75, 3.05) is 6.61 Å². The summed E-state index contributed by atoms with van der Waals surface area (Å²) in [4.78, 5) is 29.1. The number of fused-ring (bicyclic) bond motifs is 1. The molecule has 0 unspecified atom stereocenters. The van der Waals surface area contributed by atoms with E-state index in [1.165, 1.54) is 4.52 Å². The third-order valence-electron chi connectivity index (χ3n) is 5.30. The van der Waals surface area contributed by atoms with Crippen LogP contribution in [0.2, 0.25) is 0 Å². The van der Waals surface area contributed by atoms with Gasteiger partial charge in [-0.15, -0.1) is 0 Å². The maximum atomic E-state index is 13.0. The van der Waals surface area contributed by atoms with E-state index in [0.717, 1.165) is 33.9 Å². The summed E-state index contributed by atoms with van der Waals surface area (Å²) in [5.74, 6) is 1.22. The summed E-state index contributed by atoms with van der Waals surface area (Å²) in [7, 11) is 0. The van der Waals surface area contributed by atoms with E-state index < -0.39 is 5.56 Å². The molecule has 0 aliphatic rings. The predicted molar refractivity (Wildman–Crippen MR) is 136 cm³/mol. The molecule has 0 spiro atoms. The molecule has 0 atom stereocenters. The van der Waals surface area contributed by atoms with Gasteiger partial charge in [0.1, 0.15) is 17.1 Å². The van der Waals surface area contributed by atoms with E-state index >= 15 is 0 Å². The molecule has 0 fully saturated rings. The van der Waals surface area contributed by atoms with Gasteiger partial charge in [-0.05, 0) is 55.3 Å². The molecule has 0 amide bonds. The van der Waals surface area contributed by atoms with Gasteiger partial charge in [0.25, 0.3) is 11.1 Å². The Morgan fingerprint density at radius 3 is 2.49 bits per heavy atom. The molecule has 9 heteroatoms. The van der Waals surface area contributed by atoms with E-state index in [2.05, 4.69) is 23.9 Å². The first kappa shape index (κ1) is 22.7. The minimum absolute atomic E-state index is 0.182. The Morgan fingerprint density at radius 2 is 1.77 bits per heavy atom.